The standard InChI is InChI=1S/C22H28O3/c1-16-17(2)25-18(3)22(24-15-20-12-8-5-9-13-20)21(16)23-14-19-10-6-4-7-11-19/h4-13,16-18,21-22H,14-15H2,1-3H3/t16-,17+,18+,21?,22?/m1/s1. The minimum absolute atomic E-state index is 0.00989. The second-order valence-corrected chi connectivity index (χ2v) is 6.93. The van der Waals surface area contributed by atoms with Crippen molar-refractivity contribution in [2.45, 2.75) is 58.4 Å². The van der Waals surface area contributed by atoms with Crippen LogP contribution in [0.4, 0.5) is 0 Å². The quantitative estimate of drug-likeness (QED) is 0.769. The maximum Gasteiger partial charge on any atom is 0.110 e. The molecule has 3 heteroatoms. The van der Waals surface area contributed by atoms with E-state index in [4.69, 9.17) is 14.2 Å². The molecule has 1 aliphatic heterocycles. The molecule has 0 bridgehead atoms. The molecule has 2 aromatic rings. The first-order chi connectivity index (χ1) is 12.1. The smallest absolute Gasteiger partial charge is 0.110 e. The Kier molecular flexibility index (Phi) is 6.24. The van der Waals surface area contributed by atoms with Crippen LogP contribution in [0.3, 0.4) is 0 Å². The Hall–Kier alpha value is -1.68. The average molecular weight is 340 g/mol. The first-order valence-corrected chi connectivity index (χ1v) is 9.11. The SMILES string of the molecule is C[C@@H]1O[C@@H](C)[C@@H](C)C(OCc2ccccc2)C1OCc1ccccc1. The lowest BCUT2D eigenvalue weighted by atomic mass is 9.89. The van der Waals surface area contributed by atoms with Gasteiger partial charge in [-0.2, -0.15) is 0 Å². The number of hydrogen-bond donors (Lipinski definition) is 0. The first-order valence-electron chi connectivity index (χ1n) is 9.11. The zero-order valence-electron chi connectivity index (χ0n) is 15.3. The van der Waals surface area contributed by atoms with Gasteiger partial charge in [-0.1, -0.05) is 67.6 Å². The van der Waals surface area contributed by atoms with Crippen molar-refractivity contribution in [3.05, 3.63) is 71.8 Å². The molecule has 25 heavy (non-hydrogen) atoms. The van der Waals surface area contributed by atoms with E-state index in [-0.39, 0.29) is 30.3 Å². The monoisotopic (exact) mass is 340 g/mol. The van der Waals surface area contributed by atoms with E-state index in [0.717, 1.165) is 0 Å². The summed E-state index contributed by atoms with van der Waals surface area (Å²) in [5.74, 6) is 0.278. The fourth-order valence-corrected chi connectivity index (χ4v) is 3.38. The highest BCUT2D eigenvalue weighted by molar-refractivity contribution is 5.14. The van der Waals surface area contributed by atoms with Crippen LogP contribution in [0.25, 0.3) is 0 Å². The molecule has 1 fully saturated rings. The summed E-state index contributed by atoms with van der Waals surface area (Å²) in [6.45, 7) is 7.56. The molecule has 0 saturated carbocycles. The number of benzene rings is 2. The molecular weight excluding hydrogens is 312 g/mol. The topological polar surface area (TPSA) is 27.7 Å². The van der Waals surface area contributed by atoms with Crippen molar-refractivity contribution in [2.24, 2.45) is 5.92 Å². The summed E-state index contributed by atoms with van der Waals surface area (Å²) in [5.41, 5.74) is 2.35. The Morgan fingerprint density at radius 2 is 1.16 bits per heavy atom. The largest absolute Gasteiger partial charge is 0.372 e. The molecule has 0 spiro atoms. The van der Waals surface area contributed by atoms with E-state index in [2.05, 4.69) is 45.0 Å². The molecule has 5 atom stereocenters. The molecule has 1 heterocycles. The molecule has 0 amide bonds. The molecule has 0 radical (unpaired) electrons. The van der Waals surface area contributed by atoms with E-state index in [9.17, 15) is 0 Å². The molecule has 1 saturated heterocycles. The van der Waals surface area contributed by atoms with Crippen LogP contribution in [0, 0.1) is 5.92 Å². The van der Waals surface area contributed by atoms with Crippen LogP contribution >= 0.6 is 0 Å². The van der Waals surface area contributed by atoms with Gasteiger partial charge in [0.2, 0.25) is 0 Å². The molecule has 1 aliphatic rings. The van der Waals surface area contributed by atoms with Crippen molar-refractivity contribution in [1.82, 2.24) is 0 Å². The zero-order chi connectivity index (χ0) is 17.6. The second-order valence-electron chi connectivity index (χ2n) is 6.93. The van der Waals surface area contributed by atoms with Gasteiger partial charge < -0.3 is 14.2 Å². The van der Waals surface area contributed by atoms with Gasteiger partial charge in [0.1, 0.15) is 6.10 Å². The highest BCUT2D eigenvalue weighted by atomic mass is 16.6. The molecule has 2 aromatic carbocycles. The number of hydrogen-bond acceptors (Lipinski definition) is 3. The lowest BCUT2D eigenvalue weighted by molar-refractivity contribution is -0.223. The Morgan fingerprint density at radius 3 is 1.68 bits per heavy atom. The van der Waals surface area contributed by atoms with Gasteiger partial charge in [-0.3, -0.25) is 0 Å². The van der Waals surface area contributed by atoms with Crippen molar-refractivity contribution >= 4 is 0 Å². The van der Waals surface area contributed by atoms with Crippen LogP contribution in [0.15, 0.2) is 60.7 Å². The van der Waals surface area contributed by atoms with E-state index in [1.54, 1.807) is 0 Å². The summed E-state index contributed by atoms with van der Waals surface area (Å²) in [4.78, 5) is 0. The molecule has 3 rings (SSSR count). The maximum atomic E-state index is 6.32. The molecule has 0 N–H and O–H groups in total. The van der Waals surface area contributed by atoms with Gasteiger partial charge in [0.25, 0.3) is 0 Å². The molecular formula is C22H28O3. The van der Waals surface area contributed by atoms with Crippen molar-refractivity contribution in [3.63, 3.8) is 0 Å². The summed E-state index contributed by atoms with van der Waals surface area (Å²) in [6, 6.07) is 20.6. The zero-order valence-corrected chi connectivity index (χ0v) is 15.3. The molecule has 134 valence electrons. The van der Waals surface area contributed by atoms with Crippen LogP contribution in [0.5, 0.6) is 0 Å². The van der Waals surface area contributed by atoms with Crippen molar-refractivity contribution in [2.75, 3.05) is 0 Å². The third-order valence-electron chi connectivity index (χ3n) is 5.04. The molecule has 0 aliphatic carbocycles. The highest BCUT2D eigenvalue weighted by Gasteiger charge is 2.41. The summed E-state index contributed by atoms with van der Waals surface area (Å²) >= 11 is 0. The van der Waals surface area contributed by atoms with Gasteiger partial charge in [0, 0.05) is 5.92 Å². The van der Waals surface area contributed by atoms with E-state index in [1.807, 2.05) is 36.4 Å². The van der Waals surface area contributed by atoms with Gasteiger partial charge in [0.15, 0.2) is 0 Å². The van der Waals surface area contributed by atoms with Crippen molar-refractivity contribution in [1.29, 1.82) is 0 Å². The Bertz CT molecular complexity index is 628. The summed E-state index contributed by atoms with van der Waals surface area (Å²) < 4.78 is 18.6. The van der Waals surface area contributed by atoms with Crippen LogP contribution in [0.1, 0.15) is 31.9 Å². The van der Waals surface area contributed by atoms with Crippen LogP contribution in [-0.2, 0) is 27.4 Å². The van der Waals surface area contributed by atoms with Gasteiger partial charge in [0.05, 0.1) is 31.5 Å². The maximum absolute atomic E-state index is 6.32. The van der Waals surface area contributed by atoms with Crippen LogP contribution < -0.4 is 0 Å². The lowest BCUT2D eigenvalue weighted by Gasteiger charge is -2.43. The van der Waals surface area contributed by atoms with Gasteiger partial charge in [-0.15, -0.1) is 0 Å². The second kappa shape index (κ2) is 8.61. The predicted octanol–water partition coefficient (Wildman–Crippen LogP) is 4.60. The minimum atomic E-state index is -0.0740. The van der Waals surface area contributed by atoms with E-state index in [1.165, 1.54) is 11.1 Å². The van der Waals surface area contributed by atoms with Gasteiger partial charge >= 0.3 is 0 Å². The fraction of sp³-hybridized carbons (Fsp3) is 0.455. The summed E-state index contributed by atoms with van der Waals surface area (Å²) in [5, 5.41) is 0. The fourth-order valence-electron chi connectivity index (χ4n) is 3.38. The minimum Gasteiger partial charge on any atom is -0.372 e. The van der Waals surface area contributed by atoms with Crippen LogP contribution in [0.2, 0.25) is 0 Å². The Labute approximate surface area is 150 Å². The summed E-state index contributed by atoms with van der Waals surface area (Å²) in [7, 11) is 0. The Morgan fingerprint density at radius 1 is 0.680 bits per heavy atom. The highest BCUT2D eigenvalue weighted by Crippen LogP contribution is 2.31. The molecule has 0 aromatic heterocycles. The average Bonchev–Trinajstić information content (AvgIpc) is 2.64. The first kappa shape index (κ1) is 18.1. The molecule has 2 unspecified atom stereocenters. The summed E-state index contributed by atoms with van der Waals surface area (Å²) in [6.07, 6.45) is 0.112. The van der Waals surface area contributed by atoms with E-state index in [0.29, 0.717) is 13.2 Å². The third-order valence-corrected chi connectivity index (χ3v) is 5.04. The van der Waals surface area contributed by atoms with Gasteiger partial charge in [-0.05, 0) is 25.0 Å². The van der Waals surface area contributed by atoms with E-state index < -0.39 is 0 Å². The van der Waals surface area contributed by atoms with Crippen LogP contribution in [-0.4, -0.2) is 24.4 Å². The predicted molar refractivity (Wildman–Crippen MR) is 99.2 cm³/mol. The van der Waals surface area contributed by atoms with Gasteiger partial charge in [-0.25, -0.2) is 0 Å². The third kappa shape index (κ3) is 4.69. The van der Waals surface area contributed by atoms with Crippen molar-refractivity contribution in [3.8, 4) is 0 Å². The molecule has 3 nitrogen and oxygen atoms in total. The van der Waals surface area contributed by atoms with E-state index >= 15 is 0 Å². The van der Waals surface area contributed by atoms with Crippen molar-refractivity contribution < 1.29 is 14.2 Å². The number of rotatable bonds is 6. The Balaban J connectivity index is 1.67. The lowest BCUT2D eigenvalue weighted by Crippen LogP contribution is -2.53. The normalized spacial score (nSPS) is 29.5. The number of ether oxygens (including phenoxy) is 3.